The van der Waals surface area contributed by atoms with Crippen molar-refractivity contribution < 1.29 is 4.74 Å². The molecule has 0 aromatic heterocycles. The Morgan fingerprint density at radius 2 is 2.06 bits per heavy atom. The summed E-state index contributed by atoms with van der Waals surface area (Å²) in [5.74, 6) is 0.777. The summed E-state index contributed by atoms with van der Waals surface area (Å²) in [6, 6.07) is 6.77. The smallest absolute Gasteiger partial charge is 0.143 e. The minimum absolute atomic E-state index is 0.688. The van der Waals surface area contributed by atoms with Gasteiger partial charge < -0.3 is 15.4 Å². The van der Waals surface area contributed by atoms with Gasteiger partial charge in [0.05, 0.1) is 12.8 Å². The van der Waals surface area contributed by atoms with E-state index in [2.05, 4.69) is 24.0 Å². The van der Waals surface area contributed by atoms with Gasteiger partial charge in [0.15, 0.2) is 0 Å². The molecule has 2 N–H and O–H groups in total. The Kier molecular flexibility index (Phi) is 3.77. The average Bonchev–Trinajstić information content (AvgIpc) is 2.86. The molecule has 0 heterocycles. The van der Waals surface area contributed by atoms with Crippen LogP contribution in [0, 0.1) is 0 Å². The lowest BCUT2D eigenvalue weighted by atomic mass is 10.1. The topological polar surface area (TPSA) is 38.5 Å². The van der Waals surface area contributed by atoms with Crippen LogP contribution in [0.1, 0.15) is 32.6 Å². The second-order valence-electron chi connectivity index (χ2n) is 4.65. The number of nitrogens with two attached hydrogens (primary N) is 1. The van der Waals surface area contributed by atoms with Gasteiger partial charge in [0.2, 0.25) is 0 Å². The van der Waals surface area contributed by atoms with Crippen molar-refractivity contribution in [3.8, 4) is 5.75 Å². The molecule has 0 bridgehead atoms. The number of ether oxygens (including phenoxy) is 1. The van der Waals surface area contributed by atoms with Gasteiger partial charge in [-0.05, 0) is 31.9 Å². The van der Waals surface area contributed by atoms with Crippen molar-refractivity contribution >= 4 is 11.4 Å². The van der Waals surface area contributed by atoms with Crippen molar-refractivity contribution in [2.45, 2.75) is 38.6 Å². The summed E-state index contributed by atoms with van der Waals surface area (Å²) in [7, 11) is 1.67. The quantitative estimate of drug-likeness (QED) is 0.814. The molecule has 94 valence electrons. The van der Waals surface area contributed by atoms with Crippen LogP contribution in [-0.2, 0) is 0 Å². The van der Waals surface area contributed by atoms with Crippen LogP contribution in [0.5, 0.6) is 5.75 Å². The summed E-state index contributed by atoms with van der Waals surface area (Å²) < 4.78 is 5.29. The predicted molar refractivity (Wildman–Crippen MR) is 72.7 cm³/mol. The van der Waals surface area contributed by atoms with E-state index in [1.54, 1.807) is 7.11 Å². The first-order valence-electron chi connectivity index (χ1n) is 6.46. The summed E-state index contributed by atoms with van der Waals surface area (Å²) in [6.45, 7) is 3.25. The second kappa shape index (κ2) is 5.30. The van der Waals surface area contributed by atoms with E-state index in [4.69, 9.17) is 10.5 Å². The fourth-order valence-electron chi connectivity index (χ4n) is 2.75. The van der Waals surface area contributed by atoms with E-state index in [0.717, 1.165) is 12.3 Å². The van der Waals surface area contributed by atoms with Gasteiger partial charge in [-0.1, -0.05) is 12.8 Å². The highest BCUT2D eigenvalue weighted by Crippen LogP contribution is 2.32. The number of hydrogen-bond acceptors (Lipinski definition) is 3. The molecular weight excluding hydrogens is 212 g/mol. The lowest BCUT2D eigenvalue weighted by molar-refractivity contribution is 0.417. The molecule has 0 saturated heterocycles. The third-order valence-electron chi connectivity index (χ3n) is 3.65. The van der Waals surface area contributed by atoms with Crippen LogP contribution in [0.3, 0.4) is 0 Å². The molecule has 17 heavy (non-hydrogen) atoms. The predicted octanol–water partition coefficient (Wildman–Crippen LogP) is 3.05. The third-order valence-corrected chi connectivity index (χ3v) is 3.65. The van der Waals surface area contributed by atoms with E-state index in [-0.39, 0.29) is 0 Å². The number of nitrogen functional groups attached to an aromatic ring is 1. The summed E-state index contributed by atoms with van der Waals surface area (Å²) in [4.78, 5) is 2.47. The average molecular weight is 234 g/mol. The molecule has 0 radical (unpaired) electrons. The molecule has 1 aliphatic rings. The zero-order chi connectivity index (χ0) is 12.3. The molecule has 3 nitrogen and oxygen atoms in total. The maximum atomic E-state index is 5.85. The molecule has 0 amide bonds. The molecule has 2 rings (SSSR count). The first-order valence-corrected chi connectivity index (χ1v) is 6.46. The summed E-state index contributed by atoms with van der Waals surface area (Å²) in [5.41, 5.74) is 7.79. The van der Waals surface area contributed by atoms with E-state index in [9.17, 15) is 0 Å². The van der Waals surface area contributed by atoms with Gasteiger partial charge >= 0.3 is 0 Å². The molecule has 1 fully saturated rings. The maximum absolute atomic E-state index is 5.85. The highest BCUT2D eigenvalue weighted by Gasteiger charge is 2.22. The van der Waals surface area contributed by atoms with Gasteiger partial charge in [-0.2, -0.15) is 0 Å². The van der Waals surface area contributed by atoms with Crippen LogP contribution >= 0.6 is 0 Å². The first kappa shape index (κ1) is 12.1. The highest BCUT2D eigenvalue weighted by molar-refractivity contribution is 5.62. The Bertz CT molecular complexity index is 372. The highest BCUT2D eigenvalue weighted by atomic mass is 16.5. The van der Waals surface area contributed by atoms with Gasteiger partial charge in [0.1, 0.15) is 5.75 Å². The van der Waals surface area contributed by atoms with Crippen molar-refractivity contribution in [3.05, 3.63) is 18.2 Å². The Hall–Kier alpha value is -1.38. The van der Waals surface area contributed by atoms with Gasteiger partial charge in [-0.25, -0.2) is 0 Å². The largest absolute Gasteiger partial charge is 0.495 e. The number of rotatable bonds is 4. The van der Waals surface area contributed by atoms with Crippen molar-refractivity contribution in [2.24, 2.45) is 0 Å². The zero-order valence-electron chi connectivity index (χ0n) is 10.8. The van der Waals surface area contributed by atoms with Crippen molar-refractivity contribution in [2.75, 3.05) is 24.3 Å². The molecule has 1 saturated carbocycles. The first-order chi connectivity index (χ1) is 8.26. The SMILES string of the molecule is CCN(c1ccc(N)c(OC)c1)C1CCCC1. The van der Waals surface area contributed by atoms with Crippen LogP contribution < -0.4 is 15.4 Å². The Labute approximate surface area is 104 Å². The van der Waals surface area contributed by atoms with Crippen LogP contribution in [0.2, 0.25) is 0 Å². The lowest BCUT2D eigenvalue weighted by Crippen LogP contribution is -2.32. The fourth-order valence-corrected chi connectivity index (χ4v) is 2.75. The minimum Gasteiger partial charge on any atom is -0.495 e. The number of methoxy groups -OCH3 is 1. The third kappa shape index (κ3) is 2.48. The molecule has 1 aromatic rings. The van der Waals surface area contributed by atoms with Crippen molar-refractivity contribution in [1.29, 1.82) is 0 Å². The number of benzene rings is 1. The molecule has 0 aliphatic heterocycles. The molecule has 1 aliphatic carbocycles. The van der Waals surface area contributed by atoms with E-state index >= 15 is 0 Å². The van der Waals surface area contributed by atoms with Crippen molar-refractivity contribution in [3.63, 3.8) is 0 Å². The minimum atomic E-state index is 0.688. The number of hydrogen-bond donors (Lipinski definition) is 1. The number of nitrogens with zero attached hydrogens (tertiary/aromatic N) is 1. The van der Waals surface area contributed by atoms with Crippen LogP contribution in [-0.4, -0.2) is 19.7 Å². The Morgan fingerprint density at radius 3 is 2.65 bits per heavy atom. The normalized spacial score (nSPS) is 16.1. The lowest BCUT2D eigenvalue weighted by Gasteiger charge is -2.30. The van der Waals surface area contributed by atoms with Crippen LogP contribution in [0.25, 0.3) is 0 Å². The van der Waals surface area contributed by atoms with E-state index in [1.165, 1.54) is 31.4 Å². The number of anilines is 2. The summed E-state index contributed by atoms with van der Waals surface area (Å²) in [5, 5.41) is 0. The van der Waals surface area contributed by atoms with Gasteiger partial charge in [-0.3, -0.25) is 0 Å². The van der Waals surface area contributed by atoms with E-state index in [1.807, 2.05) is 6.07 Å². The van der Waals surface area contributed by atoms with E-state index in [0.29, 0.717) is 11.7 Å². The summed E-state index contributed by atoms with van der Waals surface area (Å²) >= 11 is 0. The molecular formula is C14H22N2O. The molecule has 3 heteroatoms. The molecule has 1 aromatic carbocycles. The summed E-state index contributed by atoms with van der Waals surface area (Å²) in [6.07, 6.45) is 5.32. The molecule has 0 spiro atoms. The molecule has 0 atom stereocenters. The van der Waals surface area contributed by atoms with Gasteiger partial charge in [0.25, 0.3) is 0 Å². The maximum Gasteiger partial charge on any atom is 0.143 e. The van der Waals surface area contributed by atoms with Crippen LogP contribution in [0.15, 0.2) is 18.2 Å². The Balaban J connectivity index is 2.23. The zero-order valence-corrected chi connectivity index (χ0v) is 10.8. The second-order valence-corrected chi connectivity index (χ2v) is 4.65. The monoisotopic (exact) mass is 234 g/mol. The Morgan fingerprint density at radius 1 is 1.35 bits per heavy atom. The molecule has 0 unspecified atom stereocenters. The van der Waals surface area contributed by atoms with E-state index < -0.39 is 0 Å². The van der Waals surface area contributed by atoms with Crippen LogP contribution in [0.4, 0.5) is 11.4 Å². The van der Waals surface area contributed by atoms with Crippen molar-refractivity contribution in [1.82, 2.24) is 0 Å². The standard InChI is InChI=1S/C14H22N2O/c1-3-16(11-6-4-5-7-11)12-8-9-13(15)14(10-12)17-2/h8-11H,3-7,15H2,1-2H3. The van der Waals surface area contributed by atoms with Gasteiger partial charge in [-0.15, -0.1) is 0 Å². The fraction of sp³-hybridized carbons (Fsp3) is 0.571. The van der Waals surface area contributed by atoms with Gasteiger partial charge in [0, 0.05) is 24.3 Å².